The fourth-order valence-electron chi connectivity index (χ4n) is 4.63. The number of hydrogen-bond donors (Lipinski definition) is 0. The lowest BCUT2D eigenvalue weighted by molar-refractivity contribution is 0.301. The van der Waals surface area contributed by atoms with Crippen LogP contribution in [-0.2, 0) is 6.61 Å². The van der Waals surface area contributed by atoms with E-state index in [1.807, 2.05) is 30.5 Å². The smallest absolute Gasteiger partial charge is 0.143 e. The average molecular weight is 525 g/mol. The van der Waals surface area contributed by atoms with Crippen LogP contribution < -0.4 is 9.64 Å². The summed E-state index contributed by atoms with van der Waals surface area (Å²) in [7, 11) is 0. The lowest BCUT2D eigenvalue weighted by atomic mass is 9.97. The summed E-state index contributed by atoms with van der Waals surface area (Å²) >= 11 is 1.73. The fraction of sp³-hybridized carbons (Fsp3) is 0.286. The number of pyridine rings is 2. The van der Waals surface area contributed by atoms with Gasteiger partial charge in [0.2, 0.25) is 0 Å². The van der Waals surface area contributed by atoms with Gasteiger partial charge in [0, 0.05) is 30.6 Å². The highest BCUT2D eigenvalue weighted by atomic mass is 32.1. The highest BCUT2D eigenvalue weighted by Crippen LogP contribution is 2.33. The van der Waals surface area contributed by atoms with Gasteiger partial charge in [-0.25, -0.2) is 14.6 Å². The van der Waals surface area contributed by atoms with Crippen LogP contribution in [0.4, 0.5) is 5.82 Å². The van der Waals surface area contributed by atoms with E-state index in [2.05, 4.69) is 68.9 Å². The minimum Gasteiger partial charge on any atom is -0.487 e. The van der Waals surface area contributed by atoms with E-state index in [0.29, 0.717) is 12.5 Å². The Morgan fingerprint density at radius 3 is 2.55 bits per heavy atom. The summed E-state index contributed by atoms with van der Waals surface area (Å²) in [4.78, 5) is 16.9. The third-order valence-electron chi connectivity index (χ3n) is 6.81. The molecule has 5 heterocycles. The van der Waals surface area contributed by atoms with E-state index in [1.54, 1.807) is 22.3 Å². The Labute approximate surface area is 225 Å². The van der Waals surface area contributed by atoms with E-state index in [1.165, 1.54) is 5.01 Å². The maximum absolute atomic E-state index is 5.97. The predicted molar refractivity (Wildman–Crippen MR) is 147 cm³/mol. The lowest BCUT2D eigenvalue weighted by Crippen LogP contribution is -2.33. The average Bonchev–Trinajstić information content (AvgIpc) is 3.66. The molecular formula is C28H28N8OS. The van der Waals surface area contributed by atoms with Crippen molar-refractivity contribution < 1.29 is 4.74 Å². The van der Waals surface area contributed by atoms with Crippen molar-refractivity contribution in [2.75, 3.05) is 18.0 Å². The van der Waals surface area contributed by atoms with E-state index in [4.69, 9.17) is 14.7 Å². The van der Waals surface area contributed by atoms with Gasteiger partial charge in [0.25, 0.3) is 0 Å². The first-order chi connectivity index (χ1) is 18.6. The molecule has 0 N–H and O–H groups in total. The van der Waals surface area contributed by atoms with E-state index < -0.39 is 0 Å². The van der Waals surface area contributed by atoms with Crippen molar-refractivity contribution in [3.63, 3.8) is 0 Å². The molecule has 6 rings (SSSR count). The summed E-state index contributed by atoms with van der Waals surface area (Å²) in [5.74, 6) is 2.27. The zero-order valence-electron chi connectivity index (χ0n) is 21.4. The quantitative estimate of drug-likeness (QED) is 0.288. The maximum atomic E-state index is 5.97. The van der Waals surface area contributed by atoms with Crippen LogP contribution in [0.3, 0.4) is 0 Å². The van der Waals surface area contributed by atoms with Crippen molar-refractivity contribution in [1.29, 1.82) is 0 Å². The second-order valence-electron chi connectivity index (χ2n) is 9.53. The minimum atomic E-state index is 0.447. The monoisotopic (exact) mass is 524 g/mol. The summed E-state index contributed by atoms with van der Waals surface area (Å²) in [6.45, 7) is 6.51. The molecule has 0 atom stereocenters. The molecule has 1 aromatic carbocycles. The number of piperidine rings is 1. The third-order valence-corrected chi connectivity index (χ3v) is 7.87. The van der Waals surface area contributed by atoms with Gasteiger partial charge < -0.3 is 9.64 Å². The molecule has 1 saturated heterocycles. The van der Waals surface area contributed by atoms with Gasteiger partial charge in [0.1, 0.15) is 24.5 Å². The van der Waals surface area contributed by atoms with Crippen molar-refractivity contribution in [2.24, 2.45) is 0 Å². The first-order valence-electron chi connectivity index (χ1n) is 12.7. The molecule has 0 saturated carbocycles. The van der Waals surface area contributed by atoms with Crippen molar-refractivity contribution in [1.82, 2.24) is 35.2 Å². The van der Waals surface area contributed by atoms with E-state index in [-0.39, 0.29) is 0 Å². The van der Waals surface area contributed by atoms with Gasteiger partial charge in [0.15, 0.2) is 0 Å². The van der Waals surface area contributed by atoms with E-state index in [9.17, 15) is 0 Å². The molecule has 192 valence electrons. The van der Waals surface area contributed by atoms with Crippen LogP contribution in [0.5, 0.6) is 5.75 Å². The zero-order chi connectivity index (χ0) is 25.9. The second-order valence-corrected chi connectivity index (χ2v) is 10.4. The Hall–Kier alpha value is -4.18. The van der Waals surface area contributed by atoms with Gasteiger partial charge in [-0.3, -0.25) is 4.98 Å². The maximum Gasteiger partial charge on any atom is 0.143 e. The molecule has 10 heteroatoms. The Morgan fingerprint density at radius 1 is 0.974 bits per heavy atom. The fourth-order valence-corrected chi connectivity index (χ4v) is 5.60. The number of hydrogen-bond acceptors (Lipinski definition) is 9. The molecule has 1 fully saturated rings. The van der Waals surface area contributed by atoms with Gasteiger partial charge >= 0.3 is 0 Å². The number of nitrogens with zero attached hydrogens (tertiary/aromatic N) is 8. The number of benzene rings is 1. The van der Waals surface area contributed by atoms with E-state index >= 15 is 0 Å². The predicted octanol–water partition coefficient (Wildman–Crippen LogP) is 5.16. The van der Waals surface area contributed by atoms with Crippen molar-refractivity contribution in [3.8, 4) is 22.8 Å². The van der Waals surface area contributed by atoms with E-state index in [0.717, 1.165) is 71.4 Å². The summed E-state index contributed by atoms with van der Waals surface area (Å²) in [6, 6.07) is 16.1. The number of rotatable bonds is 7. The molecule has 5 aromatic rings. The minimum absolute atomic E-state index is 0.447. The Kier molecular flexibility index (Phi) is 6.78. The van der Waals surface area contributed by atoms with Crippen molar-refractivity contribution >= 4 is 17.2 Å². The molecule has 38 heavy (non-hydrogen) atoms. The second kappa shape index (κ2) is 10.7. The molecule has 1 aliphatic heterocycles. The molecule has 0 unspecified atom stereocenters. The molecular weight excluding hydrogens is 496 g/mol. The van der Waals surface area contributed by atoms with Gasteiger partial charge in [-0.2, -0.15) is 0 Å². The number of thiazole rings is 1. The van der Waals surface area contributed by atoms with Crippen LogP contribution in [0.15, 0.2) is 66.4 Å². The number of tetrazole rings is 1. The summed E-state index contributed by atoms with van der Waals surface area (Å²) < 4.78 is 7.57. The number of aromatic nitrogens is 7. The number of aryl methyl sites for hydroxylation is 2. The topological polar surface area (TPSA) is 94.7 Å². The summed E-state index contributed by atoms with van der Waals surface area (Å²) in [5, 5.41) is 14.5. The molecule has 0 spiro atoms. The van der Waals surface area contributed by atoms with Gasteiger partial charge in [0.05, 0.1) is 27.8 Å². The van der Waals surface area contributed by atoms with Crippen molar-refractivity contribution in [3.05, 3.63) is 88.3 Å². The molecule has 0 radical (unpaired) electrons. The van der Waals surface area contributed by atoms with Gasteiger partial charge in [-0.1, -0.05) is 12.1 Å². The largest absolute Gasteiger partial charge is 0.487 e. The van der Waals surface area contributed by atoms with Crippen LogP contribution in [0.1, 0.15) is 40.6 Å². The first kappa shape index (κ1) is 24.2. The SMILES string of the molecule is Cc1ccc(-c2nc(N3CCC(c4nc(COc5ccc(-n6cnnn6)cc5)cs4)CC3)ccc2C)nc1. The number of ether oxygens (including phenoxy) is 1. The summed E-state index contributed by atoms with van der Waals surface area (Å²) in [5.41, 5.74) is 6.02. The van der Waals surface area contributed by atoms with Crippen LogP contribution in [0.25, 0.3) is 17.1 Å². The standard InChI is InChI=1S/C28H28N8OS/c1-19-3-9-25(29-15-19)27-20(2)4-10-26(32-27)35-13-11-21(12-14-35)28-31-22(17-38-28)16-37-24-7-5-23(6-8-24)36-18-30-33-34-36/h3-10,15,17-18,21H,11-14,16H2,1-2H3. The normalized spacial score (nSPS) is 14.1. The van der Waals surface area contributed by atoms with Crippen LogP contribution in [0.2, 0.25) is 0 Å². The molecule has 4 aromatic heterocycles. The van der Waals surface area contributed by atoms with Crippen LogP contribution >= 0.6 is 11.3 Å². The first-order valence-corrected chi connectivity index (χ1v) is 13.6. The molecule has 0 aliphatic carbocycles. The van der Waals surface area contributed by atoms with Crippen molar-refractivity contribution in [2.45, 2.75) is 39.2 Å². The van der Waals surface area contributed by atoms with Crippen LogP contribution in [0, 0.1) is 13.8 Å². The highest BCUT2D eigenvalue weighted by Gasteiger charge is 2.24. The molecule has 0 bridgehead atoms. The van der Waals surface area contributed by atoms with Gasteiger partial charge in [-0.15, -0.1) is 16.4 Å². The summed E-state index contributed by atoms with van der Waals surface area (Å²) in [6.07, 6.45) is 5.57. The van der Waals surface area contributed by atoms with Gasteiger partial charge in [-0.05, 0) is 84.6 Å². The highest BCUT2D eigenvalue weighted by molar-refractivity contribution is 7.09. The lowest BCUT2D eigenvalue weighted by Gasteiger charge is -2.32. The molecule has 1 aliphatic rings. The Morgan fingerprint density at radius 2 is 1.82 bits per heavy atom. The van der Waals surface area contributed by atoms with Crippen LogP contribution in [-0.4, -0.2) is 48.2 Å². The zero-order valence-corrected chi connectivity index (χ0v) is 22.2. The molecule has 9 nitrogen and oxygen atoms in total. The number of anilines is 1. The Bertz CT molecular complexity index is 1490. The third kappa shape index (κ3) is 5.26. The Balaban J connectivity index is 1.05. The molecule has 0 amide bonds.